The maximum Gasteiger partial charge on any atom is 0.338 e. The monoisotopic (exact) mass is 358 g/mol. The van der Waals surface area contributed by atoms with Crippen molar-refractivity contribution in [2.45, 2.75) is 53.1 Å². The summed E-state index contributed by atoms with van der Waals surface area (Å²) in [5.74, 6) is 0.338. The predicted molar refractivity (Wildman–Crippen MR) is 96.8 cm³/mol. The molecule has 0 saturated carbocycles. The average molecular weight is 358 g/mol. The number of aryl methyl sites for hydroxylation is 2. The Hall–Kier alpha value is -2.18. The Morgan fingerprint density at radius 2 is 1.85 bits per heavy atom. The molecular formula is C20H26N2O4. The topological polar surface area (TPSA) is 64.8 Å². The van der Waals surface area contributed by atoms with Gasteiger partial charge in [-0.1, -0.05) is 17.3 Å². The van der Waals surface area contributed by atoms with E-state index in [0.717, 1.165) is 30.9 Å². The van der Waals surface area contributed by atoms with Gasteiger partial charge in [0, 0.05) is 19.6 Å². The quantitative estimate of drug-likeness (QED) is 0.765. The van der Waals surface area contributed by atoms with E-state index in [4.69, 9.17) is 14.0 Å². The van der Waals surface area contributed by atoms with Crippen LogP contribution in [0.4, 0.5) is 0 Å². The first-order valence-corrected chi connectivity index (χ1v) is 8.98. The van der Waals surface area contributed by atoms with E-state index in [1.807, 2.05) is 38.1 Å². The van der Waals surface area contributed by atoms with Crippen LogP contribution in [0.1, 0.15) is 46.8 Å². The number of hydrogen-bond donors (Lipinski definition) is 0. The molecule has 1 saturated heterocycles. The number of ether oxygens (including phenoxy) is 2. The van der Waals surface area contributed by atoms with Crippen molar-refractivity contribution >= 4 is 5.97 Å². The first-order chi connectivity index (χ1) is 12.4. The lowest BCUT2D eigenvalue weighted by atomic mass is 10.1. The molecule has 2 unspecified atom stereocenters. The average Bonchev–Trinajstić information content (AvgIpc) is 2.91. The number of benzene rings is 1. The summed E-state index contributed by atoms with van der Waals surface area (Å²) in [5.41, 5.74) is 3.29. The third-order valence-electron chi connectivity index (χ3n) is 4.62. The summed E-state index contributed by atoms with van der Waals surface area (Å²) in [6, 6.07) is 7.60. The van der Waals surface area contributed by atoms with Crippen LogP contribution in [-0.4, -0.2) is 41.3 Å². The van der Waals surface area contributed by atoms with E-state index in [9.17, 15) is 4.79 Å². The zero-order valence-corrected chi connectivity index (χ0v) is 15.8. The van der Waals surface area contributed by atoms with E-state index in [1.54, 1.807) is 0 Å². The van der Waals surface area contributed by atoms with Crippen LogP contribution in [0, 0.1) is 13.8 Å². The number of carbonyl (C=O) groups is 1. The van der Waals surface area contributed by atoms with Crippen molar-refractivity contribution in [3.05, 3.63) is 52.4 Å². The highest BCUT2D eigenvalue weighted by atomic mass is 16.5. The fourth-order valence-corrected chi connectivity index (χ4v) is 3.35. The highest BCUT2D eigenvalue weighted by Gasteiger charge is 2.22. The maximum absolute atomic E-state index is 12.2. The zero-order valence-electron chi connectivity index (χ0n) is 15.8. The fraction of sp³-hybridized carbons (Fsp3) is 0.500. The highest BCUT2D eigenvalue weighted by molar-refractivity contribution is 5.89. The molecule has 26 heavy (non-hydrogen) atoms. The van der Waals surface area contributed by atoms with Crippen molar-refractivity contribution in [3.63, 3.8) is 0 Å². The molecule has 1 aromatic carbocycles. The maximum atomic E-state index is 12.2. The molecule has 1 aromatic heterocycles. The molecule has 6 heteroatoms. The number of esters is 1. The van der Waals surface area contributed by atoms with Gasteiger partial charge in [0.2, 0.25) is 0 Å². The number of carbonyl (C=O) groups excluding carboxylic acids is 1. The molecule has 3 rings (SSSR count). The van der Waals surface area contributed by atoms with Gasteiger partial charge >= 0.3 is 5.97 Å². The van der Waals surface area contributed by atoms with Crippen molar-refractivity contribution < 1.29 is 18.8 Å². The Balaban J connectivity index is 1.56. The molecule has 1 fully saturated rings. The largest absolute Gasteiger partial charge is 0.457 e. The van der Waals surface area contributed by atoms with E-state index >= 15 is 0 Å². The summed E-state index contributed by atoms with van der Waals surface area (Å²) in [5, 5.41) is 3.86. The zero-order chi connectivity index (χ0) is 18.7. The second-order valence-corrected chi connectivity index (χ2v) is 7.03. The van der Waals surface area contributed by atoms with Crippen molar-refractivity contribution in [2.24, 2.45) is 0 Å². The lowest BCUT2D eigenvalue weighted by Crippen LogP contribution is -2.44. The van der Waals surface area contributed by atoms with Crippen molar-refractivity contribution in [2.75, 3.05) is 13.1 Å². The number of nitrogens with zero attached hydrogens (tertiary/aromatic N) is 2. The number of rotatable bonds is 5. The molecule has 0 spiro atoms. The van der Waals surface area contributed by atoms with Crippen molar-refractivity contribution in [3.8, 4) is 0 Å². The van der Waals surface area contributed by atoms with Gasteiger partial charge in [-0.2, -0.15) is 0 Å². The first kappa shape index (κ1) is 18.6. The van der Waals surface area contributed by atoms with E-state index in [2.05, 4.69) is 23.9 Å². The van der Waals surface area contributed by atoms with Gasteiger partial charge in [0.15, 0.2) is 0 Å². The molecule has 6 nitrogen and oxygen atoms in total. The lowest BCUT2D eigenvalue weighted by Gasteiger charge is -2.35. The van der Waals surface area contributed by atoms with Gasteiger partial charge in [0.05, 0.1) is 29.0 Å². The summed E-state index contributed by atoms with van der Waals surface area (Å²) in [7, 11) is 0. The molecule has 2 aromatic rings. The van der Waals surface area contributed by atoms with Crippen LogP contribution in [0.25, 0.3) is 0 Å². The Morgan fingerprint density at radius 3 is 2.42 bits per heavy atom. The second kappa shape index (κ2) is 8.01. The molecular weight excluding hydrogens is 332 g/mol. The molecule has 140 valence electrons. The van der Waals surface area contributed by atoms with Gasteiger partial charge < -0.3 is 14.0 Å². The molecule has 1 aliphatic heterocycles. The molecule has 0 aliphatic carbocycles. The SMILES string of the molecule is Cc1noc(C)c1COC(=O)c1ccc(CN2CC(C)OC(C)C2)cc1. The summed E-state index contributed by atoms with van der Waals surface area (Å²) < 4.78 is 16.2. The van der Waals surface area contributed by atoms with E-state index in [0.29, 0.717) is 11.3 Å². The minimum atomic E-state index is -0.342. The third-order valence-corrected chi connectivity index (χ3v) is 4.62. The summed E-state index contributed by atoms with van der Waals surface area (Å²) in [4.78, 5) is 14.6. The van der Waals surface area contributed by atoms with E-state index in [1.165, 1.54) is 5.56 Å². The first-order valence-electron chi connectivity index (χ1n) is 8.98. The normalized spacial score (nSPS) is 20.9. The van der Waals surface area contributed by atoms with Crippen LogP contribution in [0.15, 0.2) is 28.8 Å². The van der Waals surface area contributed by atoms with Gasteiger partial charge in [-0.25, -0.2) is 4.79 Å². The van der Waals surface area contributed by atoms with Gasteiger partial charge in [0.25, 0.3) is 0 Å². The van der Waals surface area contributed by atoms with Crippen LogP contribution < -0.4 is 0 Å². The number of aromatic nitrogens is 1. The third kappa shape index (κ3) is 4.51. The molecule has 0 bridgehead atoms. The van der Waals surface area contributed by atoms with E-state index in [-0.39, 0.29) is 24.8 Å². The molecule has 2 heterocycles. The highest BCUT2D eigenvalue weighted by Crippen LogP contribution is 2.17. The summed E-state index contributed by atoms with van der Waals surface area (Å²) in [6.45, 7) is 10.7. The van der Waals surface area contributed by atoms with Crippen LogP contribution in [-0.2, 0) is 22.6 Å². The van der Waals surface area contributed by atoms with E-state index < -0.39 is 0 Å². The molecule has 2 atom stereocenters. The number of morpholine rings is 1. The fourth-order valence-electron chi connectivity index (χ4n) is 3.35. The van der Waals surface area contributed by atoms with Gasteiger partial charge in [0.1, 0.15) is 12.4 Å². The Bertz CT molecular complexity index is 724. The predicted octanol–water partition coefficient (Wildman–Crippen LogP) is 3.26. The Labute approximate surface area is 154 Å². The van der Waals surface area contributed by atoms with Gasteiger partial charge in [-0.3, -0.25) is 4.90 Å². The standard InChI is InChI=1S/C20H26N2O4/c1-13-9-22(10-14(2)25-13)11-17-5-7-18(8-6-17)20(23)24-12-19-15(3)21-26-16(19)4/h5-8,13-14H,9-12H2,1-4H3. The van der Waals surface area contributed by atoms with Crippen LogP contribution >= 0.6 is 0 Å². The van der Waals surface area contributed by atoms with Crippen LogP contribution in [0.5, 0.6) is 0 Å². The smallest absolute Gasteiger partial charge is 0.338 e. The lowest BCUT2D eigenvalue weighted by molar-refractivity contribution is -0.0704. The molecule has 0 amide bonds. The van der Waals surface area contributed by atoms with Gasteiger partial charge in [-0.15, -0.1) is 0 Å². The Kier molecular flexibility index (Phi) is 5.74. The minimum absolute atomic E-state index is 0.172. The molecule has 0 radical (unpaired) electrons. The van der Waals surface area contributed by atoms with Crippen molar-refractivity contribution in [1.29, 1.82) is 0 Å². The summed E-state index contributed by atoms with van der Waals surface area (Å²) >= 11 is 0. The second-order valence-electron chi connectivity index (χ2n) is 7.03. The van der Waals surface area contributed by atoms with Crippen LogP contribution in [0.2, 0.25) is 0 Å². The number of hydrogen-bond acceptors (Lipinski definition) is 6. The molecule has 1 aliphatic rings. The van der Waals surface area contributed by atoms with Gasteiger partial charge in [-0.05, 0) is 45.4 Å². The Morgan fingerprint density at radius 1 is 1.19 bits per heavy atom. The summed E-state index contributed by atoms with van der Waals surface area (Å²) in [6.07, 6.45) is 0.495. The molecule has 0 N–H and O–H groups in total. The van der Waals surface area contributed by atoms with Crippen molar-refractivity contribution in [1.82, 2.24) is 10.1 Å². The van der Waals surface area contributed by atoms with Crippen LogP contribution in [0.3, 0.4) is 0 Å². The minimum Gasteiger partial charge on any atom is -0.457 e.